The van der Waals surface area contributed by atoms with Crippen molar-refractivity contribution in [1.29, 1.82) is 0 Å². The minimum Gasteiger partial charge on any atom is -0.484 e. The van der Waals surface area contributed by atoms with E-state index in [-0.39, 0.29) is 17.9 Å². The third-order valence-corrected chi connectivity index (χ3v) is 3.46. The first kappa shape index (κ1) is 18.9. The van der Waals surface area contributed by atoms with Crippen LogP contribution in [0.25, 0.3) is 0 Å². The molecule has 0 aromatic heterocycles. The number of amides is 3. The van der Waals surface area contributed by atoms with Gasteiger partial charge in [-0.15, -0.1) is 0 Å². The smallest absolute Gasteiger partial charge is 0.422 e. The fourth-order valence-corrected chi connectivity index (χ4v) is 2.32. The number of alkyl halides is 5. The molecule has 1 saturated heterocycles. The van der Waals surface area contributed by atoms with E-state index in [9.17, 15) is 31.5 Å². The number of rotatable bonds is 6. The van der Waals surface area contributed by atoms with Crippen LogP contribution < -0.4 is 10.1 Å². The molecule has 25 heavy (non-hydrogen) atoms. The van der Waals surface area contributed by atoms with Gasteiger partial charge in [0.05, 0.1) is 6.54 Å². The Morgan fingerprint density at radius 1 is 1.28 bits per heavy atom. The zero-order chi connectivity index (χ0) is 18.8. The molecule has 10 heteroatoms. The minimum absolute atomic E-state index is 0.129. The third-order valence-electron chi connectivity index (χ3n) is 3.46. The van der Waals surface area contributed by atoms with E-state index in [0.29, 0.717) is 10.5 Å². The summed E-state index contributed by atoms with van der Waals surface area (Å²) in [5, 5.41) is 2.13. The molecule has 3 amide bonds. The van der Waals surface area contributed by atoms with Crippen LogP contribution in [0.2, 0.25) is 0 Å². The van der Waals surface area contributed by atoms with Crippen LogP contribution in [0.1, 0.15) is 17.5 Å². The maximum atomic E-state index is 12.4. The van der Waals surface area contributed by atoms with Gasteiger partial charge in [-0.1, -0.05) is 12.1 Å². The number of imide groups is 1. The third kappa shape index (κ3) is 5.04. The summed E-state index contributed by atoms with van der Waals surface area (Å²) < 4.78 is 66.6. The van der Waals surface area contributed by atoms with Crippen molar-refractivity contribution in [3.63, 3.8) is 0 Å². The fourth-order valence-electron chi connectivity index (χ4n) is 2.32. The monoisotopic (exact) mass is 366 g/mol. The van der Waals surface area contributed by atoms with E-state index >= 15 is 0 Å². The number of hydrogen-bond acceptors (Lipinski definition) is 3. The summed E-state index contributed by atoms with van der Waals surface area (Å²) in [5.41, 5.74) is 0.782. The summed E-state index contributed by atoms with van der Waals surface area (Å²) in [5.74, 6) is -0.983. The zero-order valence-electron chi connectivity index (χ0n) is 13.1. The minimum atomic E-state index is -4.55. The van der Waals surface area contributed by atoms with Gasteiger partial charge in [-0.05, 0) is 18.6 Å². The molecule has 1 aliphatic heterocycles. The highest BCUT2D eigenvalue weighted by Gasteiger charge is 2.39. The quantitative estimate of drug-likeness (QED) is 0.622. The molecular formula is C15H15F5N2O3. The van der Waals surface area contributed by atoms with Gasteiger partial charge in [-0.3, -0.25) is 9.69 Å². The van der Waals surface area contributed by atoms with Crippen LogP contribution in [0.4, 0.5) is 26.7 Å². The van der Waals surface area contributed by atoms with Crippen molar-refractivity contribution in [1.82, 2.24) is 10.2 Å². The van der Waals surface area contributed by atoms with Crippen molar-refractivity contribution >= 4 is 11.9 Å². The number of nitrogens with one attached hydrogen (secondary N) is 1. The highest BCUT2D eigenvalue weighted by atomic mass is 19.4. The number of hydrogen-bond donors (Lipinski definition) is 1. The Hall–Kier alpha value is -2.39. The van der Waals surface area contributed by atoms with Gasteiger partial charge >= 0.3 is 12.2 Å². The van der Waals surface area contributed by atoms with Crippen molar-refractivity contribution in [3.05, 3.63) is 29.3 Å². The molecule has 0 aliphatic carbocycles. The lowest BCUT2D eigenvalue weighted by atomic mass is 10.1. The second-order valence-corrected chi connectivity index (χ2v) is 5.57. The van der Waals surface area contributed by atoms with Gasteiger partial charge in [-0.25, -0.2) is 13.6 Å². The van der Waals surface area contributed by atoms with E-state index < -0.39 is 43.6 Å². The summed E-state index contributed by atoms with van der Waals surface area (Å²) in [6.45, 7) is -0.272. The number of carbonyl (C=O) groups excluding carboxylic acids is 2. The first-order valence-electron chi connectivity index (χ1n) is 7.26. The van der Waals surface area contributed by atoms with Crippen LogP contribution >= 0.6 is 0 Å². The van der Waals surface area contributed by atoms with Crippen LogP contribution in [0.3, 0.4) is 0 Å². The second kappa shape index (κ2) is 7.24. The molecule has 1 atom stereocenters. The Morgan fingerprint density at radius 2 is 1.96 bits per heavy atom. The van der Waals surface area contributed by atoms with E-state index in [1.54, 1.807) is 13.0 Å². The normalized spacial score (nSPS) is 18.0. The van der Waals surface area contributed by atoms with Crippen LogP contribution in [-0.4, -0.2) is 42.1 Å². The molecule has 1 aliphatic rings. The van der Waals surface area contributed by atoms with E-state index in [0.717, 1.165) is 0 Å². The standard InChI is InChI=1S/C15H15F5N2O3/c1-8-2-3-9(11(4-8)25-7-15(18,19)20)6-22-13(23)10(5-12(16)17)21-14(22)24/h2-4,10,12H,5-7H2,1H3,(H,21,24)/t10-/m1/s1. The number of carbonyl (C=O) groups is 2. The highest BCUT2D eigenvalue weighted by molar-refractivity contribution is 6.04. The molecule has 0 unspecified atom stereocenters. The molecule has 1 fully saturated rings. The van der Waals surface area contributed by atoms with Crippen molar-refractivity contribution in [3.8, 4) is 5.75 Å². The van der Waals surface area contributed by atoms with Gasteiger partial charge in [0.1, 0.15) is 11.8 Å². The van der Waals surface area contributed by atoms with Crippen molar-refractivity contribution in [2.45, 2.75) is 38.5 Å². The number of aryl methyl sites for hydroxylation is 1. The van der Waals surface area contributed by atoms with Gasteiger partial charge in [0.25, 0.3) is 5.91 Å². The Morgan fingerprint density at radius 3 is 2.56 bits per heavy atom. The molecule has 1 N–H and O–H groups in total. The molecule has 5 nitrogen and oxygen atoms in total. The maximum Gasteiger partial charge on any atom is 0.422 e. The molecule has 1 aromatic rings. The Kier molecular flexibility index (Phi) is 5.48. The zero-order valence-corrected chi connectivity index (χ0v) is 13.1. The SMILES string of the molecule is Cc1ccc(CN2C(=O)N[C@H](CC(F)F)C2=O)c(OCC(F)(F)F)c1. The predicted octanol–water partition coefficient (Wildman–Crippen LogP) is 3.01. The Labute approximate surface area is 139 Å². The second-order valence-electron chi connectivity index (χ2n) is 5.57. The summed E-state index contributed by atoms with van der Waals surface area (Å²) >= 11 is 0. The molecule has 0 radical (unpaired) electrons. The predicted molar refractivity (Wildman–Crippen MR) is 76.2 cm³/mol. The van der Waals surface area contributed by atoms with Crippen molar-refractivity contribution in [2.24, 2.45) is 0 Å². The van der Waals surface area contributed by atoms with E-state index in [2.05, 4.69) is 5.32 Å². The number of ether oxygens (including phenoxy) is 1. The molecular weight excluding hydrogens is 351 g/mol. The number of nitrogens with zero attached hydrogens (tertiary/aromatic N) is 1. The van der Waals surface area contributed by atoms with Crippen molar-refractivity contribution < 1.29 is 36.3 Å². The summed E-state index contributed by atoms with van der Waals surface area (Å²) in [6.07, 6.45) is -8.16. The number of benzene rings is 1. The summed E-state index contributed by atoms with van der Waals surface area (Å²) in [7, 11) is 0. The first-order valence-corrected chi connectivity index (χ1v) is 7.26. The molecule has 0 spiro atoms. The van der Waals surface area contributed by atoms with E-state index in [4.69, 9.17) is 4.74 Å². The van der Waals surface area contributed by atoms with E-state index in [1.807, 2.05) is 0 Å². The van der Waals surface area contributed by atoms with Gasteiger partial charge < -0.3 is 10.1 Å². The average Bonchev–Trinajstić information content (AvgIpc) is 2.73. The van der Waals surface area contributed by atoms with Gasteiger partial charge in [-0.2, -0.15) is 13.2 Å². The van der Waals surface area contributed by atoms with Crippen LogP contribution in [0.5, 0.6) is 5.75 Å². The van der Waals surface area contributed by atoms with E-state index in [1.165, 1.54) is 12.1 Å². The Bertz CT molecular complexity index is 663. The topological polar surface area (TPSA) is 58.6 Å². The molecule has 0 bridgehead atoms. The maximum absolute atomic E-state index is 12.4. The van der Waals surface area contributed by atoms with Gasteiger partial charge in [0.15, 0.2) is 6.61 Å². The van der Waals surface area contributed by atoms with Crippen LogP contribution in [0, 0.1) is 6.92 Å². The molecule has 2 rings (SSSR count). The fraction of sp³-hybridized carbons (Fsp3) is 0.467. The molecule has 1 heterocycles. The highest BCUT2D eigenvalue weighted by Crippen LogP contribution is 2.26. The lowest BCUT2D eigenvalue weighted by molar-refractivity contribution is -0.153. The molecule has 1 aromatic carbocycles. The average molecular weight is 366 g/mol. The summed E-state index contributed by atoms with van der Waals surface area (Å²) in [4.78, 5) is 24.5. The lowest BCUT2D eigenvalue weighted by Gasteiger charge is -2.18. The lowest BCUT2D eigenvalue weighted by Crippen LogP contribution is -2.32. The first-order chi connectivity index (χ1) is 11.6. The van der Waals surface area contributed by atoms with Gasteiger partial charge in [0, 0.05) is 12.0 Å². The number of urea groups is 1. The van der Waals surface area contributed by atoms with Crippen molar-refractivity contribution in [2.75, 3.05) is 6.61 Å². The molecule has 138 valence electrons. The molecule has 0 saturated carbocycles. The summed E-state index contributed by atoms with van der Waals surface area (Å²) in [6, 6.07) is 2.11. The largest absolute Gasteiger partial charge is 0.484 e. The van der Waals surface area contributed by atoms with Crippen LogP contribution in [-0.2, 0) is 11.3 Å². The van der Waals surface area contributed by atoms with Gasteiger partial charge in [0.2, 0.25) is 6.43 Å². The van der Waals surface area contributed by atoms with Crippen LogP contribution in [0.15, 0.2) is 18.2 Å². The number of halogens is 5. The Balaban J connectivity index is 2.16.